The molecule has 19 heteroatoms. The smallest absolute Gasteiger partial charge is 0.330 e. The predicted molar refractivity (Wildman–Crippen MR) is 326 cm³/mol. The number of hydrogen-bond acceptors (Lipinski definition) is 19. The molecule has 4 aromatic carbocycles. The Hall–Kier alpha value is -7.90. The van der Waals surface area contributed by atoms with Crippen LogP contribution in [0.5, 0.6) is 34.5 Å². The van der Waals surface area contributed by atoms with Crippen LogP contribution in [0.2, 0.25) is 0 Å². The maximum Gasteiger partial charge on any atom is 0.330 e. The number of fused-ring (bicyclic) bond motifs is 1. The van der Waals surface area contributed by atoms with Crippen molar-refractivity contribution >= 4 is 68.7 Å². The van der Waals surface area contributed by atoms with Gasteiger partial charge in [-0.15, -0.1) is 0 Å². The lowest BCUT2D eigenvalue weighted by molar-refractivity contribution is -0.145. The maximum absolute atomic E-state index is 14.0. The first-order valence-electron chi connectivity index (χ1n) is 30.3. The highest BCUT2D eigenvalue weighted by Gasteiger charge is 2.34. The zero-order valence-electron chi connectivity index (χ0n) is 49.0. The summed E-state index contributed by atoms with van der Waals surface area (Å²) in [7, 11) is 0. The van der Waals surface area contributed by atoms with Gasteiger partial charge in [0.25, 0.3) is 0 Å². The number of rotatable bonds is 32. The Morgan fingerprint density at radius 2 is 0.953 bits per heavy atom. The molecule has 3 aliphatic rings. The molecule has 5 aromatic rings. The topological polar surface area (TPSA) is 214 Å². The molecule has 0 unspecified atom stereocenters. The monoisotopic (exact) mass is 1200 g/mol. The lowest BCUT2D eigenvalue weighted by Gasteiger charge is -2.26. The minimum atomic E-state index is -0.481. The Morgan fingerprint density at radius 1 is 0.512 bits per heavy atom. The number of benzene rings is 4. The van der Waals surface area contributed by atoms with E-state index in [1.165, 1.54) is 17.8 Å². The van der Waals surface area contributed by atoms with Gasteiger partial charge in [-0.25, -0.2) is 19.6 Å². The number of anilines is 1. The molecule has 86 heavy (non-hydrogen) atoms. The van der Waals surface area contributed by atoms with Gasteiger partial charge in [-0.05, 0) is 194 Å². The van der Waals surface area contributed by atoms with E-state index in [0.717, 1.165) is 99.4 Å². The van der Waals surface area contributed by atoms with Gasteiger partial charge in [0, 0.05) is 17.7 Å². The molecule has 3 saturated carbocycles. The van der Waals surface area contributed by atoms with Crippen molar-refractivity contribution in [3.05, 3.63) is 122 Å². The summed E-state index contributed by atoms with van der Waals surface area (Å²) in [5.74, 6) is -1.57. The standard InChI is InChI=1S/C67H79N3O15S/c1-3-61(71)79-42-16-7-5-14-40-77-53-30-34-55(35-31-53)82-63(73)47-22-24-49(25-23-47)65(75)84-57-38-39-59(51(44-57)45-68-70(46-81-52-18-10-9-11-19-52)67-69-58-20-12-13-21-60(58)86-67)85-66(76)50-28-26-48(27-29-50)64(74)83-56-36-32-54(33-37-56)78-41-15-6-8-17-43-80-62(72)4-2/h3-4,12-13,20-21,30-39,44-45,47-50,52H,1-2,5-11,14-19,22-29,40-43,46H2/b68-45+/t47-,48-,49-,50-. The van der Waals surface area contributed by atoms with Crippen LogP contribution >= 0.6 is 11.3 Å². The Labute approximate surface area is 507 Å². The SMILES string of the molecule is C=CC(=O)OCCCCCCOc1ccc(OC(=O)[C@H]2CC[C@H](C(=O)Oc3ccc(OC(=O)[C@H]4CC[C@H](C(=O)Oc5ccc(OCCCCCCOC(=O)C=C)cc5)CC4)c(/C=N/N(COC4CCCCC4)c4nc5ccccc5s4)c3)CC2)cc1. The van der Waals surface area contributed by atoms with Crippen LogP contribution in [0.15, 0.2) is 121 Å². The van der Waals surface area contributed by atoms with Gasteiger partial charge in [0.15, 0.2) is 0 Å². The number of unbranched alkanes of at least 4 members (excludes halogenated alkanes) is 6. The molecule has 0 N–H and O–H groups in total. The van der Waals surface area contributed by atoms with Crippen LogP contribution in [-0.4, -0.2) is 86.3 Å². The first kappa shape index (κ1) is 64.1. The van der Waals surface area contributed by atoms with Crippen LogP contribution in [0.1, 0.15) is 140 Å². The molecule has 1 aromatic heterocycles. The van der Waals surface area contributed by atoms with Crippen molar-refractivity contribution in [3.8, 4) is 34.5 Å². The summed E-state index contributed by atoms with van der Waals surface area (Å²) in [6, 6.07) is 26.5. The van der Waals surface area contributed by atoms with Crippen LogP contribution < -0.4 is 33.4 Å². The van der Waals surface area contributed by atoms with Crippen LogP contribution in [0, 0.1) is 23.7 Å². The number of hydrogen-bond donors (Lipinski definition) is 0. The quantitative estimate of drug-likeness (QED) is 0.00744. The Balaban J connectivity index is 0.842. The highest BCUT2D eigenvalue weighted by molar-refractivity contribution is 7.22. The fourth-order valence-electron chi connectivity index (χ4n) is 10.5. The molecule has 0 saturated heterocycles. The average molecular weight is 1200 g/mol. The summed E-state index contributed by atoms with van der Waals surface area (Å²) in [6.07, 6.45) is 19.6. The van der Waals surface area contributed by atoms with Gasteiger partial charge in [-0.3, -0.25) is 19.2 Å². The number of esters is 6. The van der Waals surface area contributed by atoms with E-state index >= 15 is 0 Å². The van der Waals surface area contributed by atoms with Crippen molar-refractivity contribution in [2.24, 2.45) is 28.8 Å². The van der Waals surface area contributed by atoms with Crippen LogP contribution in [0.4, 0.5) is 5.13 Å². The number of para-hydroxylation sites is 1. The summed E-state index contributed by atoms with van der Waals surface area (Å²) < 4.78 is 52.8. The molecule has 3 fully saturated rings. The van der Waals surface area contributed by atoms with Gasteiger partial charge in [0.1, 0.15) is 41.2 Å². The molecule has 0 amide bonds. The Kier molecular flexibility index (Phi) is 25.6. The van der Waals surface area contributed by atoms with E-state index in [-0.39, 0.29) is 42.2 Å². The third-order valence-corrected chi connectivity index (χ3v) is 16.6. The van der Waals surface area contributed by atoms with E-state index in [9.17, 15) is 28.8 Å². The number of hydrazone groups is 1. The van der Waals surface area contributed by atoms with Gasteiger partial charge in [0.05, 0.1) is 72.6 Å². The molecule has 0 bridgehead atoms. The zero-order chi connectivity index (χ0) is 60.3. The number of carbonyl (C=O) groups excluding carboxylic acids is 6. The molecule has 0 atom stereocenters. The van der Waals surface area contributed by atoms with E-state index in [0.29, 0.717) is 111 Å². The second-order valence-corrected chi connectivity index (χ2v) is 22.9. The van der Waals surface area contributed by atoms with E-state index in [4.69, 9.17) is 52.7 Å². The Morgan fingerprint density at radius 3 is 1.44 bits per heavy atom. The van der Waals surface area contributed by atoms with Crippen molar-refractivity contribution in [2.75, 3.05) is 38.2 Å². The molecule has 0 spiro atoms. The molecule has 0 radical (unpaired) electrons. The largest absolute Gasteiger partial charge is 0.494 e. The van der Waals surface area contributed by atoms with Crippen molar-refractivity contribution in [1.29, 1.82) is 0 Å². The zero-order valence-corrected chi connectivity index (χ0v) is 49.8. The molecule has 3 aliphatic carbocycles. The average Bonchev–Trinajstić information content (AvgIpc) is 4.06. The molecular formula is C67H79N3O15S. The molecule has 8 rings (SSSR count). The van der Waals surface area contributed by atoms with E-state index in [2.05, 4.69) is 13.2 Å². The van der Waals surface area contributed by atoms with Gasteiger partial charge in [-0.1, -0.05) is 55.9 Å². The normalized spacial score (nSPS) is 17.9. The second-order valence-electron chi connectivity index (χ2n) is 21.9. The lowest BCUT2D eigenvalue weighted by atomic mass is 9.82. The van der Waals surface area contributed by atoms with Crippen molar-refractivity contribution < 1.29 is 71.4 Å². The fourth-order valence-corrected chi connectivity index (χ4v) is 11.4. The van der Waals surface area contributed by atoms with Crippen molar-refractivity contribution in [1.82, 2.24) is 4.98 Å². The van der Waals surface area contributed by atoms with Crippen LogP contribution in [-0.2, 0) is 43.0 Å². The summed E-state index contributed by atoms with van der Waals surface area (Å²) >= 11 is 1.48. The second kappa shape index (κ2) is 34.3. The van der Waals surface area contributed by atoms with Crippen LogP contribution in [0.25, 0.3) is 10.2 Å². The van der Waals surface area contributed by atoms with Gasteiger partial charge in [0.2, 0.25) is 5.13 Å². The number of thiazole rings is 1. The van der Waals surface area contributed by atoms with E-state index < -0.39 is 41.6 Å². The van der Waals surface area contributed by atoms with E-state index in [1.807, 2.05) is 24.3 Å². The third-order valence-electron chi connectivity index (χ3n) is 15.5. The minimum absolute atomic E-state index is 0.0862. The first-order valence-corrected chi connectivity index (χ1v) is 31.2. The highest BCUT2D eigenvalue weighted by Crippen LogP contribution is 2.36. The number of ether oxygens (including phenoxy) is 9. The van der Waals surface area contributed by atoms with Crippen molar-refractivity contribution in [2.45, 2.75) is 141 Å². The third kappa shape index (κ3) is 20.7. The molecule has 0 aliphatic heterocycles. The number of nitrogens with zero attached hydrogens (tertiary/aromatic N) is 3. The summed E-state index contributed by atoms with van der Waals surface area (Å²) in [6.45, 7) is 8.72. The summed E-state index contributed by atoms with van der Waals surface area (Å²) in [4.78, 5) is 81.7. The molecule has 1 heterocycles. The molecular weight excluding hydrogens is 1120 g/mol. The highest BCUT2D eigenvalue weighted by atomic mass is 32.1. The summed E-state index contributed by atoms with van der Waals surface area (Å²) in [5.41, 5.74) is 1.20. The lowest BCUT2D eigenvalue weighted by Crippen LogP contribution is -2.30. The minimum Gasteiger partial charge on any atom is -0.494 e. The van der Waals surface area contributed by atoms with Gasteiger partial charge in [-0.2, -0.15) is 5.10 Å². The first-order chi connectivity index (χ1) is 42.0. The Bertz CT molecular complexity index is 3020. The summed E-state index contributed by atoms with van der Waals surface area (Å²) in [5, 5.41) is 7.21. The molecule has 18 nitrogen and oxygen atoms in total. The van der Waals surface area contributed by atoms with E-state index in [1.54, 1.807) is 78.0 Å². The van der Waals surface area contributed by atoms with Gasteiger partial charge >= 0.3 is 35.8 Å². The number of aromatic nitrogens is 1. The van der Waals surface area contributed by atoms with Crippen molar-refractivity contribution in [3.63, 3.8) is 0 Å². The fraction of sp³-hybridized carbons (Fsp3) is 0.463. The maximum atomic E-state index is 14.0. The predicted octanol–water partition coefficient (Wildman–Crippen LogP) is 13.4. The number of carbonyl (C=O) groups is 6. The van der Waals surface area contributed by atoms with Gasteiger partial charge < -0.3 is 42.6 Å². The van der Waals surface area contributed by atoms with Crippen LogP contribution in [0.3, 0.4) is 0 Å². The molecule has 458 valence electrons.